The van der Waals surface area contributed by atoms with Crippen molar-refractivity contribution in [3.05, 3.63) is 54.6 Å². The van der Waals surface area contributed by atoms with Gasteiger partial charge in [0, 0.05) is 5.69 Å². The van der Waals surface area contributed by atoms with Crippen LogP contribution in [0.1, 0.15) is 19.3 Å². The average Bonchev–Trinajstić information content (AvgIpc) is 2.63. The van der Waals surface area contributed by atoms with E-state index >= 15 is 0 Å². The SMILES string of the molecule is NCCCCC(NC(=O)Nc1ccc(Oc2ccccc2)cc1)C(=O)O. The van der Waals surface area contributed by atoms with Crippen molar-refractivity contribution < 1.29 is 19.4 Å². The van der Waals surface area contributed by atoms with Crippen LogP contribution in [0, 0.1) is 0 Å². The van der Waals surface area contributed by atoms with Gasteiger partial charge in [0.15, 0.2) is 0 Å². The molecule has 2 aromatic carbocycles. The second-order valence-electron chi connectivity index (χ2n) is 5.71. The molecule has 7 heteroatoms. The summed E-state index contributed by atoms with van der Waals surface area (Å²) in [4.78, 5) is 23.2. The van der Waals surface area contributed by atoms with Crippen LogP contribution in [-0.2, 0) is 4.79 Å². The van der Waals surface area contributed by atoms with E-state index < -0.39 is 18.0 Å². The maximum Gasteiger partial charge on any atom is 0.326 e. The predicted octanol–water partition coefficient (Wildman–Crippen LogP) is 3.18. The van der Waals surface area contributed by atoms with Crippen LogP contribution in [0.5, 0.6) is 11.5 Å². The van der Waals surface area contributed by atoms with E-state index in [1.54, 1.807) is 24.3 Å². The Labute approximate surface area is 152 Å². The van der Waals surface area contributed by atoms with E-state index in [9.17, 15) is 14.7 Å². The fourth-order valence-corrected chi connectivity index (χ4v) is 2.31. The topological polar surface area (TPSA) is 114 Å². The van der Waals surface area contributed by atoms with Gasteiger partial charge >= 0.3 is 12.0 Å². The molecule has 0 saturated carbocycles. The van der Waals surface area contributed by atoms with Crippen LogP contribution in [0.15, 0.2) is 54.6 Å². The lowest BCUT2D eigenvalue weighted by Crippen LogP contribution is -2.43. The molecule has 5 N–H and O–H groups in total. The zero-order valence-corrected chi connectivity index (χ0v) is 14.4. The molecule has 0 saturated heterocycles. The first-order valence-electron chi connectivity index (χ1n) is 8.42. The number of nitrogens with one attached hydrogen (secondary N) is 2. The smallest absolute Gasteiger partial charge is 0.326 e. The van der Waals surface area contributed by atoms with Crippen LogP contribution >= 0.6 is 0 Å². The lowest BCUT2D eigenvalue weighted by Gasteiger charge is -2.15. The molecule has 0 aliphatic carbocycles. The van der Waals surface area contributed by atoms with E-state index in [2.05, 4.69) is 10.6 Å². The molecule has 0 aliphatic rings. The lowest BCUT2D eigenvalue weighted by molar-refractivity contribution is -0.139. The number of para-hydroxylation sites is 1. The first-order valence-corrected chi connectivity index (χ1v) is 8.42. The Morgan fingerprint density at radius 3 is 2.27 bits per heavy atom. The van der Waals surface area contributed by atoms with Gasteiger partial charge in [-0.3, -0.25) is 0 Å². The normalized spacial score (nSPS) is 11.4. The van der Waals surface area contributed by atoms with E-state index in [1.165, 1.54) is 0 Å². The average molecular weight is 357 g/mol. The molecule has 0 heterocycles. The number of carbonyl (C=O) groups is 2. The Kier molecular flexibility index (Phi) is 7.45. The highest BCUT2D eigenvalue weighted by Crippen LogP contribution is 2.22. The Balaban J connectivity index is 1.87. The highest BCUT2D eigenvalue weighted by Gasteiger charge is 2.19. The fraction of sp³-hybridized carbons (Fsp3) is 0.263. The summed E-state index contributed by atoms with van der Waals surface area (Å²) in [6.45, 7) is 0.496. The number of unbranched alkanes of at least 4 members (excludes halogenated alkanes) is 1. The maximum atomic E-state index is 12.0. The summed E-state index contributed by atoms with van der Waals surface area (Å²) in [5.41, 5.74) is 5.93. The number of hydrogen-bond donors (Lipinski definition) is 4. The van der Waals surface area contributed by atoms with Crippen molar-refractivity contribution in [1.29, 1.82) is 0 Å². The van der Waals surface area contributed by atoms with Crippen LogP contribution < -0.4 is 21.1 Å². The number of carboxylic acids is 1. The van der Waals surface area contributed by atoms with E-state index in [4.69, 9.17) is 10.5 Å². The highest BCUT2D eigenvalue weighted by molar-refractivity contribution is 5.92. The van der Waals surface area contributed by atoms with Crippen molar-refractivity contribution in [2.45, 2.75) is 25.3 Å². The molecule has 0 aliphatic heterocycles. The fourth-order valence-electron chi connectivity index (χ4n) is 2.31. The standard InChI is InChI=1S/C19H23N3O4/c20-13-5-4-8-17(18(23)24)22-19(25)21-14-9-11-16(12-10-14)26-15-6-2-1-3-7-15/h1-3,6-7,9-12,17H,4-5,8,13,20H2,(H,23,24)(H2,21,22,25). The molecule has 138 valence electrons. The molecule has 1 atom stereocenters. The van der Waals surface area contributed by atoms with Gasteiger partial charge < -0.3 is 26.2 Å². The zero-order valence-electron chi connectivity index (χ0n) is 14.4. The molecule has 2 aromatic rings. The first-order chi connectivity index (χ1) is 12.6. The van der Waals surface area contributed by atoms with Crippen molar-refractivity contribution in [3.8, 4) is 11.5 Å². The molecule has 0 aromatic heterocycles. The van der Waals surface area contributed by atoms with Crippen LogP contribution in [0.2, 0.25) is 0 Å². The number of nitrogens with two attached hydrogens (primary N) is 1. The Morgan fingerprint density at radius 1 is 1.00 bits per heavy atom. The number of hydrogen-bond acceptors (Lipinski definition) is 4. The van der Waals surface area contributed by atoms with E-state index in [1.807, 2.05) is 30.3 Å². The van der Waals surface area contributed by atoms with Crippen LogP contribution in [-0.4, -0.2) is 29.7 Å². The minimum atomic E-state index is -1.07. The third-order valence-corrected chi connectivity index (χ3v) is 3.64. The van der Waals surface area contributed by atoms with E-state index in [-0.39, 0.29) is 0 Å². The molecule has 0 spiro atoms. The number of benzene rings is 2. The van der Waals surface area contributed by atoms with Crippen molar-refractivity contribution >= 4 is 17.7 Å². The highest BCUT2D eigenvalue weighted by atomic mass is 16.5. The van der Waals surface area contributed by atoms with Crippen LogP contribution in [0.4, 0.5) is 10.5 Å². The number of ether oxygens (including phenoxy) is 1. The van der Waals surface area contributed by atoms with Crippen molar-refractivity contribution in [1.82, 2.24) is 5.32 Å². The van der Waals surface area contributed by atoms with Crippen molar-refractivity contribution in [2.24, 2.45) is 5.73 Å². The van der Waals surface area contributed by atoms with Gasteiger partial charge in [-0.05, 0) is 62.2 Å². The summed E-state index contributed by atoms with van der Waals surface area (Å²) < 4.78 is 5.67. The van der Waals surface area contributed by atoms with E-state index in [0.717, 1.165) is 6.42 Å². The number of carboxylic acid groups (broad SMARTS) is 1. The lowest BCUT2D eigenvalue weighted by atomic mass is 10.1. The molecule has 0 bridgehead atoms. The number of carbonyl (C=O) groups excluding carboxylic acids is 1. The molecule has 7 nitrogen and oxygen atoms in total. The molecular formula is C19H23N3O4. The minimum absolute atomic E-state index is 0.337. The number of amides is 2. The number of rotatable bonds is 9. The van der Waals surface area contributed by atoms with Gasteiger partial charge in [0.2, 0.25) is 0 Å². The second-order valence-corrected chi connectivity index (χ2v) is 5.71. The summed E-state index contributed by atoms with van der Waals surface area (Å²) in [6, 6.07) is 14.6. The number of urea groups is 1. The van der Waals surface area contributed by atoms with Gasteiger partial charge in [0.05, 0.1) is 0 Å². The Morgan fingerprint density at radius 2 is 1.65 bits per heavy atom. The summed E-state index contributed by atoms with van der Waals surface area (Å²) in [6.07, 6.45) is 1.69. The monoisotopic (exact) mass is 357 g/mol. The van der Waals surface area contributed by atoms with Gasteiger partial charge in [0.25, 0.3) is 0 Å². The molecule has 0 fully saturated rings. The van der Waals surface area contributed by atoms with Gasteiger partial charge in [-0.2, -0.15) is 0 Å². The van der Waals surface area contributed by atoms with Crippen molar-refractivity contribution in [2.75, 3.05) is 11.9 Å². The predicted molar refractivity (Wildman–Crippen MR) is 99.4 cm³/mol. The van der Waals surface area contributed by atoms with Crippen molar-refractivity contribution in [3.63, 3.8) is 0 Å². The first kappa shape index (κ1) is 19.3. The zero-order chi connectivity index (χ0) is 18.8. The van der Waals surface area contributed by atoms with Gasteiger partial charge in [-0.25, -0.2) is 9.59 Å². The summed E-state index contributed by atoms with van der Waals surface area (Å²) >= 11 is 0. The Bertz CT molecular complexity index is 704. The van der Waals surface area contributed by atoms with Crippen LogP contribution in [0.25, 0.3) is 0 Å². The third-order valence-electron chi connectivity index (χ3n) is 3.64. The molecular weight excluding hydrogens is 334 g/mol. The third kappa shape index (κ3) is 6.45. The summed E-state index contributed by atoms with van der Waals surface area (Å²) in [5, 5.41) is 14.2. The minimum Gasteiger partial charge on any atom is -0.480 e. The molecule has 0 radical (unpaired) electrons. The maximum absolute atomic E-state index is 12.0. The molecule has 26 heavy (non-hydrogen) atoms. The van der Waals surface area contributed by atoms with Gasteiger partial charge in [0.1, 0.15) is 17.5 Å². The van der Waals surface area contributed by atoms with Gasteiger partial charge in [-0.15, -0.1) is 0 Å². The Hall–Kier alpha value is -3.06. The molecule has 2 amide bonds. The summed E-state index contributed by atoms with van der Waals surface area (Å²) in [7, 11) is 0. The van der Waals surface area contributed by atoms with Crippen LogP contribution in [0.3, 0.4) is 0 Å². The molecule has 2 rings (SSSR count). The van der Waals surface area contributed by atoms with Gasteiger partial charge in [-0.1, -0.05) is 18.2 Å². The number of aliphatic carboxylic acids is 1. The quantitative estimate of drug-likeness (QED) is 0.515. The molecule has 1 unspecified atom stereocenters. The summed E-state index contributed by atoms with van der Waals surface area (Å²) in [5.74, 6) is 0.281. The number of anilines is 1. The second kappa shape index (κ2) is 10.0. The largest absolute Gasteiger partial charge is 0.480 e. The van der Waals surface area contributed by atoms with E-state index in [0.29, 0.717) is 36.6 Å².